The van der Waals surface area contributed by atoms with Crippen LogP contribution in [0.1, 0.15) is 28.8 Å². The number of piperidine rings is 1. The lowest BCUT2D eigenvalue weighted by Gasteiger charge is -2.37. The van der Waals surface area contributed by atoms with E-state index < -0.39 is 5.79 Å². The minimum Gasteiger partial charge on any atom is -0.380 e. The van der Waals surface area contributed by atoms with Gasteiger partial charge in [-0.2, -0.15) is 0 Å². The van der Waals surface area contributed by atoms with Crippen molar-refractivity contribution in [2.45, 2.75) is 25.2 Å². The van der Waals surface area contributed by atoms with Crippen LogP contribution in [0, 0.1) is 0 Å². The summed E-state index contributed by atoms with van der Waals surface area (Å²) in [5, 5.41) is 4.01. The van der Waals surface area contributed by atoms with E-state index in [1.807, 2.05) is 35.2 Å². The smallest absolute Gasteiger partial charge is 0.255 e. The predicted octanol–water partition coefficient (Wildman–Crippen LogP) is 3.33. The van der Waals surface area contributed by atoms with Crippen molar-refractivity contribution in [1.29, 1.82) is 0 Å². The van der Waals surface area contributed by atoms with Crippen LogP contribution in [0.25, 0.3) is 0 Å². The molecule has 2 aliphatic heterocycles. The van der Waals surface area contributed by atoms with E-state index in [4.69, 9.17) is 21.1 Å². The highest BCUT2D eigenvalue weighted by Crippen LogP contribution is 2.31. The lowest BCUT2D eigenvalue weighted by Crippen LogP contribution is -2.47. The van der Waals surface area contributed by atoms with Gasteiger partial charge in [0.05, 0.1) is 24.5 Å². The number of carbonyl (C=O) groups is 1. The van der Waals surface area contributed by atoms with Crippen molar-refractivity contribution in [2.75, 3.05) is 31.6 Å². The molecule has 2 aromatic rings. The standard InChI is InChI=1S/C20H22ClN3O3/c21-17-3-1-15(2-4-17)12-23-18-11-16(13-22-14-18)19(25)24-7-5-20(6-8-24)26-9-10-27-20/h1-4,11,13-14,23H,5-10,12H2. The van der Waals surface area contributed by atoms with Gasteiger partial charge in [-0.05, 0) is 23.8 Å². The zero-order valence-electron chi connectivity index (χ0n) is 15.0. The van der Waals surface area contributed by atoms with Gasteiger partial charge in [0, 0.05) is 49.9 Å². The fourth-order valence-electron chi connectivity index (χ4n) is 3.48. The number of benzene rings is 1. The third-order valence-corrected chi connectivity index (χ3v) is 5.27. The van der Waals surface area contributed by atoms with Gasteiger partial charge >= 0.3 is 0 Å². The number of nitrogens with zero attached hydrogens (tertiary/aromatic N) is 2. The molecule has 0 atom stereocenters. The molecule has 0 radical (unpaired) electrons. The molecule has 1 amide bonds. The minimum absolute atomic E-state index is 0.00881. The van der Waals surface area contributed by atoms with Gasteiger partial charge in [0.2, 0.25) is 0 Å². The number of amides is 1. The first kappa shape index (κ1) is 18.2. The van der Waals surface area contributed by atoms with Crippen LogP contribution in [0.5, 0.6) is 0 Å². The number of pyridine rings is 1. The largest absolute Gasteiger partial charge is 0.380 e. The fourth-order valence-corrected chi connectivity index (χ4v) is 3.60. The van der Waals surface area contributed by atoms with E-state index in [1.54, 1.807) is 12.4 Å². The number of halogens is 1. The molecule has 2 saturated heterocycles. The number of ether oxygens (including phenoxy) is 2. The maximum absolute atomic E-state index is 12.8. The van der Waals surface area contributed by atoms with Crippen molar-refractivity contribution in [3.8, 4) is 0 Å². The molecule has 7 heteroatoms. The Morgan fingerprint density at radius 2 is 1.85 bits per heavy atom. The van der Waals surface area contributed by atoms with Crippen molar-refractivity contribution < 1.29 is 14.3 Å². The summed E-state index contributed by atoms with van der Waals surface area (Å²) in [5.74, 6) is -0.484. The summed E-state index contributed by atoms with van der Waals surface area (Å²) < 4.78 is 11.4. The van der Waals surface area contributed by atoms with Crippen molar-refractivity contribution in [1.82, 2.24) is 9.88 Å². The second-order valence-electron chi connectivity index (χ2n) is 6.84. The van der Waals surface area contributed by atoms with Crippen LogP contribution < -0.4 is 5.32 Å². The van der Waals surface area contributed by atoms with Crippen LogP contribution in [-0.4, -0.2) is 47.9 Å². The maximum atomic E-state index is 12.8. The molecule has 0 bridgehead atoms. The summed E-state index contributed by atoms with van der Waals surface area (Å²) in [5.41, 5.74) is 2.50. The molecule has 2 fully saturated rings. The number of nitrogens with one attached hydrogen (secondary N) is 1. The molecule has 1 spiro atoms. The first-order chi connectivity index (χ1) is 13.1. The Morgan fingerprint density at radius 1 is 1.15 bits per heavy atom. The highest BCUT2D eigenvalue weighted by molar-refractivity contribution is 6.30. The Labute approximate surface area is 163 Å². The summed E-state index contributed by atoms with van der Waals surface area (Å²) in [7, 11) is 0. The highest BCUT2D eigenvalue weighted by Gasteiger charge is 2.40. The van der Waals surface area contributed by atoms with Crippen LogP contribution in [-0.2, 0) is 16.0 Å². The van der Waals surface area contributed by atoms with Gasteiger partial charge in [-0.1, -0.05) is 23.7 Å². The quantitative estimate of drug-likeness (QED) is 0.871. The predicted molar refractivity (Wildman–Crippen MR) is 103 cm³/mol. The molecule has 3 heterocycles. The Bertz CT molecular complexity index is 796. The van der Waals surface area contributed by atoms with Gasteiger partial charge in [-0.15, -0.1) is 0 Å². The topological polar surface area (TPSA) is 63.7 Å². The van der Waals surface area contributed by atoms with Crippen molar-refractivity contribution in [3.05, 3.63) is 58.9 Å². The van der Waals surface area contributed by atoms with Crippen molar-refractivity contribution >= 4 is 23.2 Å². The monoisotopic (exact) mass is 387 g/mol. The van der Waals surface area contributed by atoms with Crippen LogP contribution in [0.2, 0.25) is 5.02 Å². The van der Waals surface area contributed by atoms with Crippen LogP contribution in [0.3, 0.4) is 0 Å². The number of carbonyl (C=O) groups excluding carboxylic acids is 1. The fraction of sp³-hybridized carbons (Fsp3) is 0.400. The SMILES string of the molecule is O=C(c1cncc(NCc2ccc(Cl)cc2)c1)N1CCC2(CC1)OCCO2. The number of rotatable bonds is 4. The zero-order chi connectivity index (χ0) is 18.7. The summed E-state index contributed by atoms with van der Waals surface area (Å²) in [6.07, 6.45) is 4.75. The van der Waals surface area contributed by atoms with Crippen molar-refractivity contribution in [2.24, 2.45) is 0 Å². The number of likely N-dealkylation sites (tertiary alicyclic amines) is 1. The molecular formula is C20H22ClN3O3. The Balaban J connectivity index is 1.37. The summed E-state index contributed by atoms with van der Waals surface area (Å²) >= 11 is 5.91. The van der Waals surface area contributed by atoms with E-state index in [0.29, 0.717) is 56.3 Å². The Morgan fingerprint density at radius 3 is 2.56 bits per heavy atom. The van der Waals surface area contributed by atoms with E-state index in [9.17, 15) is 4.79 Å². The van der Waals surface area contributed by atoms with E-state index in [-0.39, 0.29) is 5.91 Å². The average molecular weight is 388 g/mol. The first-order valence-electron chi connectivity index (χ1n) is 9.14. The van der Waals surface area contributed by atoms with Gasteiger partial charge in [-0.3, -0.25) is 9.78 Å². The lowest BCUT2D eigenvalue weighted by molar-refractivity contribution is -0.181. The van der Waals surface area contributed by atoms with E-state index in [0.717, 1.165) is 11.3 Å². The molecular weight excluding hydrogens is 366 g/mol. The van der Waals surface area contributed by atoms with Gasteiger partial charge < -0.3 is 19.7 Å². The molecule has 2 aliphatic rings. The second kappa shape index (κ2) is 7.84. The summed E-state index contributed by atoms with van der Waals surface area (Å²) in [6, 6.07) is 9.50. The molecule has 1 aromatic heterocycles. The Hall–Kier alpha value is -2.15. The highest BCUT2D eigenvalue weighted by atomic mass is 35.5. The normalized spacial score (nSPS) is 18.6. The van der Waals surface area contributed by atoms with Gasteiger partial charge in [-0.25, -0.2) is 0 Å². The van der Waals surface area contributed by atoms with Crippen LogP contribution in [0.15, 0.2) is 42.7 Å². The van der Waals surface area contributed by atoms with Crippen LogP contribution >= 0.6 is 11.6 Å². The molecule has 6 nitrogen and oxygen atoms in total. The number of hydrogen-bond donors (Lipinski definition) is 1. The number of hydrogen-bond acceptors (Lipinski definition) is 5. The summed E-state index contributed by atoms with van der Waals surface area (Å²) in [4.78, 5) is 18.9. The second-order valence-corrected chi connectivity index (χ2v) is 7.28. The molecule has 0 aliphatic carbocycles. The molecule has 1 N–H and O–H groups in total. The third-order valence-electron chi connectivity index (χ3n) is 5.02. The lowest BCUT2D eigenvalue weighted by atomic mass is 10.0. The van der Waals surface area contributed by atoms with E-state index in [2.05, 4.69) is 10.3 Å². The Kier molecular flexibility index (Phi) is 5.29. The average Bonchev–Trinajstić information content (AvgIpc) is 3.16. The molecule has 27 heavy (non-hydrogen) atoms. The molecule has 4 rings (SSSR count). The van der Waals surface area contributed by atoms with E-state index >= 15 is 0 Å². The van der Waals surface area contributed by atoms with E-state index in [1.165, 1.54) is 0 Å². The number of anilines is 1. The van der Waals surface area contributed by atoms with Crippen molar-refractivity contribution in [3.63, 3.8) is 0 Å². The third kappa shape index (κ3) is 4.24. The zero-order valence-corrected chi connectivity index (χ0v) is 15.7. The number of aromatic nitrogens is 1. The van der Waals surface area contributed by atoms with Gasteiger partial charge in [0.1, 0.15) is 0 Å². The molecule has 1 aromatic carbocycles. The molecule has 0 saturated carbocycles. The van der Waals surface area contributed by atoms with Gasteiger partial charge in [0.15, 0.2) is 5.79 Å². The van der Waals surface area contributed by atoms with Crippen LogP contribution in [0.4, 0.5) is 5.69 Å². The summed E-state index contributed by atoms with van der Waals surface area (Å²) in [6.45, 7) is 3.17. The first-order valence-corrected chi connectivity index (χ1v) is 9.52. The molecule has 0 unspecified atom stereocenters. The molecule has 142 valence electrons. The minimum atomic E-state index is -0.475. The maximum Gasteiger partial charge on any atom is 0.255 e. The van der Waals surface area contributed by atoms with Gasteiger partial charge in [0.25, 0.3) is 5.91 Å².